The number of benzene rings is 1. The first-order valence-corrected chi connectivity index (χ1v) is 6.12. The Morgan fingerprint density at radius 1 is 1.06 bits per heavy atom. The molecule has 7 heteroatoms. The molecule has 94 valence electrons. The first-order chi connectivity index (χ1) is 8.41. The number of rotatable bonds is 2. The van der Waals surface area contributed by atoms with Crippen LogP contribution in [0, 0.1) is 17.5 Å². The van der Waals surface area contributed by atoms with Gasteiger partial charge < -0.3 is 0 Å². The summed E-state index contributed by atoms with van der Waals surface area (Å²) in [5, 5.41) is 0. The van der Waals surface area contributed by atoms with Crippen molar-refractivity contribution in [1.29, 1.82) is 0 Å². The predicted molar refractivity (Wildman–Crippen MR) is 64.1 cm³/mol. The second-order valence-electron chi connectivity index (χ2n) is 3.29. The van der Waals surface area contributed by atoms with Gasteiger partial charge in [0.05, 0.1) is 15.5 Å². The van der Waals surface area contributed by atoms with E-state index in [2.05, 4.69) is 0 Å². The highest BCUT2D eigenvalue weighted by Crippen LogP contribution is 2.33. The van der Waals surface area contributed by atoms with E-state index in [4.69, 9.17) is 23.2 Å². The standard InChI is InChI=1S/C11H3Cl2F3OS/c12-7-3-5(11(13)18-7)10(17)4-1-2-6(14)9(16)8(4)15/h1-3H. The molecule has 0 radical (unpaired) electrons. The van der Waals surface area contributed by atoms with E-state index in [0.29, 0.717) is 6.07 Å². The van der Waals surface area contributed by atoms with E-state index < -0.39 is 28.8 Å². The minimum absolute atomic E-state index is 0.0448. The van der Waals surface area contributed by atoms with Crippen LogP contribution in [0.3, 0.4) is 0 Å². The Kier molecular flexibility index (Phi) is 3.66. The lowest BCUT2D eigenvalue weighted by Crippen LogP contribution is -2.06. The molecule has 2 rings (SSSR count). The molecule has 1 aromatic heterocycles. The van der Waals surface area contributed by atoms with Crippen LogP contribution in [0.4, 0.5) is 13.2 Å². The van der Waals surface area contributed by atoms with Crippen LogP contribution in [0.15, 0.2) is 18.2 Å². The average Bonchev–Trinajstić information content (AvgIpc) is 2.65. The zero-order chi connectivity index (χ0) is 13.4. The van der Waals surface area contributed by atoms with Crippen molar-refractivity contribution in [2.24, 2.45) is 0 Å². The fraction of sp³-hybridized carbons (Fsp3) is 0. The zero-order valence-corrected chi connectivity index (χ0v) is 10.8. The van der Waals surface area contributed by atoms with Crippen LogP contribution in [0.2, 0.25) is 8.67 Å². The van der Waals surface area contributed by atoms with Crippen LogP contribution in [0.1, 0.15) is 15.9 Å². The van der Waals surface area contributed by atoms with Crippen molar-refractivity contribution < 1.29 is 18.0 Å². The van der Waals surface area contributed by atoms with Crippen LogP contribution >= 0.6 is 34.5 Å². The van der Waals surface area contributed by atoms with E-state index in [1.165, 1.54) is 6.07 Å². The lowest BCUT2D eigenvalue weighted by atomic mass is 10.1. The molecule has 0 unspecified atom stereocenters. The Balaban J connectivity index is 2.53. The number of halogens is 5. The van der Waals surface area contributed by atoms with Gasteiger partial charge in [-0.25, -0.2) is 13.2 Å². The van der Waals surface area contributed by atoms with Gasteiger partial charge in [-0.15, -0.1) is 11.3 Å². The fourth-order valence-electron chi connectivity index (χ4n) is 1.34. The molecule has 2 aromatic rings. The van der Waals surface area contributed by atoms with Gasteiger partial charge in [-0.05, 0) is 18.2 Å². The normalized spacial score (nSPS) is 10.7. The third kappa shape index (κ3) is 2.25. The number of hydrogen-bond acceptors (Lipinski definition) is 2. The van der Waals surface area contributed by atoms with Crippen molar-refractivity contribution in [2.75, 3.05) is 0 Å². The second kappa shape index (κ2) is 4.91. The van der Waals surface area contributed by atoms with E-state index in [-0.39, 0.29) is 14.2 Å². The Morgan fingerprint density at radius 3 is 2.28 bits per heavy atom. The van der Waals surface area contributed by atoms with Gasteiger partial charge in [-0.3, -0.25) is 4.79 Å². The highest BCUT2D eigenvalue weighted by atomic mass is 35.5. The molecular weight excluding hydrogens is 308 g/mol. The first kappa shape index (κ1) is 13.4. The first-order valence-electron chi connectivity index (χ1n) is 4.55. The summed E-state index contributed by atoms with van der Waals surface area (Å²) < 4.78 is 39.5. The Bertz CT molecular complexity index is 639. The minimum atomic E-state index is -1.70. The quantitative estimate of drug-likeness (QED) is 0.580. The average molecular weight is 311 g/mol. The summed E-state index contributed by atoms with van der Waals surface area (Å²) in [6, 6.07) is 2.78. The van der Waals surface area contributed by atoms with Crippen LogP contribution < -0.4 is 0 Å². The maximum absolute atomic E-state index is 13.4. The van der Waals surface area contributed by atoms with Gasteiger partial charge in [0.2, 0.25) is 0 Å². The van der Waals surface area contributed by atoms with Gasteiger partial charge in [0.25, 0.3) is 0 Å². The molecule has 0 aliphatic carbocycles. The summed E-state index contributed by atoms with van der Waals surface area (Å²) in [4.78, 5) is 11.9. The van der Waals surface area contributed by atoms with E-state index in [1.807, 2.05) is 0 Å². The lowest BCUT2D eigenvalue weighted by Gasteiger charge is -2.03. The third-order valence-electron chi connectivity index (χ3n) is 2.18. The monoisotopic (exact) mass is 310 g/mol. The smallest absolute Gasteiger partial charge is 0.198 e. The van der Waals surface area contributed by atoms with E-state index in [0.717, 1.165) is 17.4 Å². The largest absolute Gasteiger partial charge is 0.288 e. The van der Waals surface area contributed by atoms with Crippen LogP contribution in [-0.4, -0.2) is 5.78 Å². The van der Waals surface area contributed by atoms with Crippen LogP contribution in [0.25, 0.3) is 0 Å². The third-order valence-corrected chi connectivity index (χ3v) is 3.67. The van der Waals surface area contributed by atoms with Gasteiger partial charge in [0, 0.05) is 0 Å². The van der Waals surface area contributed by atoms with Gasteiger partial charge in [-0.2, -0.15) is 0 Å². The highest BCUT2D eigenvalue weighted by molar-refractivity contribution is 7.20. The SMILES string of the molecule is O=C(c1cc(Cl)sc1Cl)c1ccc(F)c(F)c1F. The van der Waals surface area contributed by atoms with Crippen molar-refractivity contribution >= 4 is 40.3 Å². The minimum Gasteiger partial charge on any atom is -0.288 e. The summed E-state index contributed by atoms with van der Waals surface area (Å²) in [6.45, 7) is 0. The van der Waals surface area contributed by atoms with Crippen LogP contribution in [0.5, 0.6) is 0 Å². The maximum Gasteiger partial charge on any atom is 0.198 e. The molecule has 0 atom stereocenters. The van der Waals surface area contributed by atoms with Gasteiger partial charge >= 0.3 is 0 Å². The molecule has 0 saturated heterocycles. The van der Waals surface area contributed by atoms with Crippen molar-refractivity contribution in [3.05, 3.63) is 55.5 Å². The summed E-state index contributed by atoms with van der Waals surface area (Å²) in [5.74, 6) is -5.45. The predicted octanol–water partition coefficient (Wildman–Crippen LogP) is 4.70. The van der Waals surface area contributed by atoms with Crippen molar-refractivity contribution in [3.63, 3.8) is 0 Å². The number of ketones is 1. The van der Waals surface area contributed by atoms with E-state index >= 15 is 0 Å². The highest BCUT2D eigenvalue weighted by Gasteiger charge is 2.22. The zero-order valence-electron chi connectivity index (χ0n) is 8.44. The molecule has 0 N–H and O–H groups in total. The Morgan fingerprint density at radius 2 is 1.72 bits per heavy atom. The molecule has 1 aromatic carbocycles. The van der Waals surface area contributed by atoms with Crippen molar-refractivity contribution in [1.82, 2.24) is 0 Å². The Hall–Kier alpha value is -1.04. The van der Waals surface area contributed by atoms with E-state index in [1.54, 1.807) is 0 Å². The number of carbonyl (C=O) groups is 1. The van der Waals surface area contributed by atoms with Crippen LogP contribution in [-0.2, 0) is 0 Å². The molecule has 0 saturated carbocycles. The number of hydrogen-bond donors (Lipinski definition) is 0. The second-order valence-corrected chi connectivity index (χ2v) is 5.58. The molecule has 0 aliphatic rings. The van der Waals surface area contributed by atoms with Gasteiger partial charge in [-0.1, -0.05) is 23.2 Å². The molecule has 18 heavy (non-hydrogen) atoms. The van der Waals surface area contributed by atoms with Gasteiger partial charge in [0.15, 0.2) is 23.2 Å². The number of thiophene rings is 1. The molecule has 0 spiro atoms. The van der Waals surface area contributed by atoms with Gasteiger partial charge in [0.1, 0.15) is 4.34 Å². The van der Waals surface area contributed by atoms with E-state index in [9.17, 15) is 18.0 Å². The summed E-state index contributed by atoms with van der Waals surface area (Å²) >= 11 is 12.3. The molecule has 1 heterocycles. The summed E-state index contributed by atoms with van der Waals surface area (Å²) in [7, 11) is 0. The lowest BCUT2D eigenvalue weighted by molar-refractivity contribution is 0.103. The maximum atomic E-state index is 13.4. The topological polar surface area (TPSA) is 17.1 Å². The fourth-order valence-corrected chi connectivity index (χ4v) is 2.80. The summed E-state index contributed by atoms with van der Waals surface area (Å²) in [5.41, 5.74) is -0.637. The van der Waals surface area contributed by atoms with Crippen molar-refractivity contribution in [2.45, 2.75) is 0 Å². The molecular formula is C11H3Cl2F3OS. The summed E-state index contributed by atoms with van der Waals surface area (Å²) in [6.07, 6.45) is 0. The molecule has 0 bridgehead atoms. The molecule has 0 fully saturated rings. The number of carbonyl (C=O) groups excluding carboxylic acids is 1. The Labute approximate surface area is 114 Å². The molecule has 0 aliphatic heterocycles. The van der Waals surface area contributed by atoms with Crippen molar-refractivity contribution in [3.8, 4) is 0 Å². The molecule has 0 amide bonds. The molecule has 1 nitrogen and oxygen atoms in total.